The van der Waals surface area contributed by atoms with E-state index in [4.69, 9.17) is 4.42 Å². The molecule has 132 valence electrons. The van der Waals surface area contributed by atoms with Gasteiger partial charge in [-0.05, 0) is 24.6 Å². The SMILES string of the molecule is Cn1cncc1-c1nnc([C@H]2CCN(Cc3c[nH]c4ccccc34)C2)o1. The number of aromatic amines is 1. The molecule has 1 aliphatic heterocycles. The predicted octanol–water partition coefficient (Wildman–Crippen LogP) is 2.94. The largest absolute Gasteiger partial charge is 0.419 e. The van der Waals surface area contributed by atoms with Gasteiger partial charge in [-0.1, -0.05) is 18.2 Å². The lowest BCUT2D eigenvalue weighted by Gasteiger charge is -2.14. The van der Waals surface area contributed by atoms with Gasteiger partial charge in [0.2, 0.25) is 5.89 Å². The summed E-state index contributed by atoms with van der Waals surface area (Å²) in [7, 11) is 1.92. The molecular formula is C19H20N6O. The summed E-state index contributed by atoms with van der Waals surface area (Å²) in [4.78, 5) is 9.91. The highest BCUT2D eigenvalue weighted by Crippen LogP contribution is 2.30. The van der Waals surface area contributed by atoms with E-state index in [2.05, 4.69) is 55.5 Å². The Balaban J connectivity index is 1.30. The van der Waals surface area contributed by atoms with Crippen molar-refractivity contribution < 1.29 is 4.42 Å². The Morgan fingerprint density at radius 3 is 3.08 bits per heavy atom. The number of nitrogens with zero attached hydrogens (tertiary/aromatic N) is 5. The van der Waals surface area contributed by atoms with Gasteiger partial charge in [0.1, 0.15) is 5.69 Å². The maximum atomic E-state index is 5.93. The van der Waals surface area contributed by atoms with E-state index in [0.717, 1.165) is 37.6 Å². The highest BCUT2D eigenvalue weighted by atomic mass is 16.4. The highest BCUT2D eigenvalue weighted by Gasteiger charge is 2.29. The Morgan fingerprint density at radius 1 is 1.27 bits per heavy atom. The van der Waals surface area contributed by atoms with Crippen LogP contribution in [-0.4, -0.2) is 42.7 Å². The number of benzene rings is 1. The first-order valence-electron chi connectivity index (χ1n) is 8.85. The second-order valence-electron chi connectivity index (χ2n) is 6.92. The van der Waals surface area contributed by atoms with E-state index >= 15 is 0 Å². The number of hydrogen-bond acceptors (Lipinski definition) is 5. The zero-order chi connectivity index (χ0) is 17.5. The molecule has 0 spiro atoms. The summed E-state index contributed by atoms with van der Waals surface area (Å²) < 4.78 is 7.81. The van der Waals surface area contributed by atoms with Crippen molar-refractivity contribution in [2.24, 2.45) is 7.05 Å². The minimum atomic E-state index is 0.287. The molecule has 1 saturated heterocycles. The Kier molecular flexibility index (Phi) is 3.60. The van der Waals surface area contributed by atoms with Crippen LogP contribution in [0.15, 0.2) is 47.4 Å². The average Bonchev–Trinajstić information content (AvgIpc) is 3.42. The molecular weight excluding hydrogens is 328 g/mol. The maximum Gasteiger partial charge on any atom is 0.265 e. The molecule has 1 aromatic carbocycles. The summed E-state index contributed by atoms with van der Waals surface area (Å²) in [5, 5.41) is 9.79. The molecule has 0 radical (unpaired) electrons. The zero-order valence-corrected chi connectivity index (χ0v) is 14.6. The van der Waals surface area contributed by atoms with Crippen molar-refractivity contribution in [2.75, 3.05) is 13.1 Å². The molecule has 1 fully saturated rings. The Labute approximate surface area is 150 Å². The first kappa shape index (κ1) is 15.3. The lowest BCUT2D eigenvalue weighted by Crippen LogP contribution is -2.19. The molecule has 7 nitrogen and oxygen atoms in total. The fraction of sp³-hybridized carbons (Fsp3) is 0.316. The van der Waals surface area contributed by atoms with Crippen LogP contribution in [0.1, 0.15) is 23.8 Å². The van der Waals surface area contributed by atoms with Crippen LogP contribution in [0.3, 0.4) is 0 Å². The molecule has 26 heavy (non-hydrogen) atoms. The van der Waals surface area contributed by atoms with Gasteiger partial charge in [-0.15, -0.1) is 10.2 Å². The summed E-state index contributed by atoms with van der Waals surface area (Å²) in [6.07, 6.45) is 6.63. The van der Waals surface area contributed by atoms with Crippen LogP contribution in [0, 0.1) is 0 Å². The van der Waals surface area contributed by atoms with E-state index in [1.165, 1.54) is 16.5 Å². The summed E-state index contributed by atoms with van der Waals surface area (Å²) in [5.41, 5.74) is 3.37. The van der Waals surface area contributed by atoms with Gasteiger partial charge in [0.05, 0.1) is 18.4 Å². The third-order valence-electron chi connectivity index (χ3n) is 5.17. The second-order valence-corrected chi connectivity index (χ2v) is 6.92. The van der Waals surface area contributed by atoms with Crippen molar-refractivity contribution in [3.8, 4) is 11.6 Å². The van der Waals surface area contributed by atoms with E-state index < -0.39 is 0 Å². The monoisotopic (exact) mass is 348 g/mol. The molecule has 4 aromatic rings. The molecule has 0 unspecified atom stereocenters. The predicted molar refractivity (Wildman–Crippen MR) is 97.4 cm³/mol. The summed E-state index contributed by atoms with van der Waals surface area (Å²) in [6.45, 7) is 2.91. The second kappa shape index (κ2) is 6.10. The summed E-state index contributed by atoms with van der Waals surface area (Å²) in [5.74, 6) is 1.55. The number of para-hydroxylation sites is 1. The molecule has 1 aliphatic rings. The van der Waals surface area contributed by atoms with Crippen LogP contribution in [0.5, 0.6) is 0 Å². The normalized spacial score (nSPS) is 18.1. The van der Waals surface area contributed by atoms with E-state index in [-0.39, 0.29) is 5.92 Å². The van der Waals surface area contributed by atoms with Crippen molar-refractivity contribution in [1.82, 2.24) is 29.6 Å². The summed E-state index contributed by atoms with van der Waals surface area (Å²) in [6, 6.07) is 8.44. The first-order chi connectivity index (χ1) is 12.8. The van der Waals surface area contributed by atoms with Crippen molar-refractivity contribution in [3.05, 3.63) is 54.4 Å². The van der Waals surface area contributed by atoms with E-state index in [1.54, 1.807) is 12.5 Å². The number of aryl methyl sites for hydroxylation is 1. The third kappa shape index (κ3) is 2.61. The van der Waals surface area contributed by atoms with Crippen LogP contribution in [0.2, 0.25) is 0 Å². The Morgan fingerprint density at radius 2 is 2.19 bits per heavy atom. The number of aromatic nitrogens is 5. The highest BCUT2D eigenvalue weighted by molar-refractivity contribution is 5.82. The lowest BCUT2D eigenvalue weighted by molar-refractivity contribution is 0.321. The first-order valence-corrected chi connectivity index (χ1v) is 8.85. The fourth-order valence-corrected chi connectivity index (χ4v) is 3.75. The van der Waals surface area contributed by atoms with Crippen molar-refractivity contribution in [3.63, 3.8) is 0 Å². The molecule has 1 N–H and O–H groups in total. The van der Waals surface area contributed by atoms with Crippen LogP contribution in [0.25, 0.3) is 22.5 Å². The molecule has 4 heterocycles. The Bertz CT molecular complexity index is 1050. The van der Waals surface area contributed by atoms with Crippen molar-refractivity contribution >= 4 is 10.9 Å². The summed E-state index contributed by atoms with van der Waals surface area (Å²) >= 11 is 0. The van der Waals surface area contributed by atoms with Gasteiger partial charge in [0, 0.05) is 37.2 Å². The van der Waals surface area contributed by atoms with Gasteiger partial charge in [-0.25, -0.2) is 4.98 Å². The maximum absolute atomic E-state index is 5.93. The van der Waals surface area contributed by atoms with E-state index in [9.17, 15) is 0 Å². The molecule has 3 aromatic heterocycles. The number of nitrogens with one attached hydrogen (secondary N) is 1. The standard InChI is InChI=1S/C19H20N6O/c1-24-12-20-9-17(24)19-23-22-18(26-19)13-6-7-25(10-13)11-14-8-21-16-5-3-2-4-15(14)16/h2-5,8-9,12-13,21H,6-7,10-11H2,1H3/t13-/m0/s1. The van der Waals surface area contributed by atoms with Gasteiger partial charge < -0.3 is 14.0 Å². The fourth-order valence-electron chi connectivity index (χ4n) is 3.75. The molecule has 0 amide bonds. The minimum absolute atomic E-state index is 0.287. The Hall–Kier alpha value is -2.93. The molecule has 0 aliphatic carbocycles. The molecule has 0 bridgehead atoms. The van der Waals surface area contributed by atoms with Crippen LogP contribution in [-0.2, 0) is 13.6 Å². The lowest BCUT2D eigenvalue weighted by atomic mass is 10.1. The number of likely N-dealkylation sites (tertiary alicyclic amines) is 1. The zero-order valence-electron chi connectivity index (χ0n) is 14.6. The molecule has 5 rings (SSSR count). The number of imidazole rings is 1. The van der Waals surface area contributed by atoms with Gasteiger partial charge in [-0.3, -0.25) is 4.90 Å². The van der Waals surface area contributed by atoms with Gasteiger partial charge >= 0.3 is 0 Å². The molecule has 1 atom stereocenters. The average molecular weight is 348 g/mol. The number of hydrogen-bond donors (Lipinski definition) is 1. The van der Waals surface area contributed by atoms with Gasteiger partial charge in [-0.2, -0.15) is 0 Å². The topological polar surface area (TPSA) is 75.8 Å². The van der Waals surface area contributed by atoms with Gasteiger partial charge in [0.15, 0.2) is 0 Å². The minimum Gasteiger partial charge on any atom is -0.419 e. The number of fused-ring (bicyclic) bond motifs is 1. The van der Waals surface area contributed by atoms with Crippen molar-refractivity contribution in [2.45, 2.75) is 18.9 Å². The third-order valence-corrected chi connectivity index (χ3v) is 5.17. The molecule has 7 heteroatoms. The van der Waals surface area contributed by atoms with Crippen LogP contribution in [0.4, 0.5) is 0 Å². The van der Waals surface area contributed by atoms with E-state index in [0.29, 0.717) is 5.89 Å². The number of rotatable bonds is 4. The number of H-pyrrole nitrogens is 1. The van der Waals surface area contributed by atoms with E-state index in [1.807, 2.05) is 11.6 Å². The smallest absolute Gasteiger partial charge is 0.265 e. The van der Waals surface area contributed by atoms with Crippen molar-refractivity contribution in [1.29, 1.82) is 0 Å². The van der Waals surface area contributed by atoms with Crippen LogP contribution < -0.4 is 0 Å². The van der Waals surface area contributed by atoms with Crippen LogP contribution >= 0.6 is 0 Å². The molecule has 0 saturated carbocycles. The quantitative estimate of drug-likeness (QED) is 0.614. The van der Waals surface area contributed by atoms with Gasteiger partial charge in [0.25, 0.3) is 5.89 Å².